The van der Waals surface area contributed by atoms with Crippen molar-refractivity contribution in [2.24, 2.45) is 12.8 Å². The Morgan fingerprint density at radius 3 is 2.44 bits per heavy atom. The summed E-state index contributed by atoms with van der Waals surface area (Å²) < 4.78 is 41.2. The van der Waals surface area contributed by atoms with Gasteiger partial charge in [-0.25, -0.2) is 9.67 Å². The van der Waals surface area contributed by atoms with E-state index in [4.69, 9.17) is 5.73 Å². The predicted octanol–water partition coefficient (Wildman–Crippen LogP) is 0.688. The second-order valence-corrected chi connectivity index (χ2v) is 6.62. The lowest BCUT2D eigenvalue weighted by atomic mass is 9.86. The van der Waals surface area contributed by atoms with Gasteiger partial charge in [-0.05, 0) is 25.7 Å². The van der Waals surface area contributed by atoms with Crippen molar-refractivity contribution in [3.8, 4) is 5.95 Å². The molecule has 12 heteroatoms. The van der Waals surface area contributed by atoms with E-state index in [1.807, 2.05) is 0 Å². The van der Waals surface area contributed by atoms with E-state index in [2.05, 4.69) is 25.5 Å². The number of aryl methyl sites for hydroxylation is 1. The van der Waals surface area contributed by atoms with Crippen LogP contribution in [0.5, 0.6) is 0 Å². The highest BCUT2D eigenvalue weighted by Crippen LogP contribution is 2.33. The number of amides is 1. The highest BCUT2D eigenvalue weighted by molar-refractivity contribution is 5.77. The molecule has 0 spiro atoms. The number of halogens is 3. The summed E-state index contributed by atoms with van der Waals surface area (Å²) in [6.07, 6.45) is -1.69. The number of hydrogen-bond donors (Lipinski definition) is 2. The molecular formula is C15H21F3N8O. The zero-order chi connectivity index (χ0) is 19.8. The van der Waals surface area contributed by atoms with E-state index < -0.39 is 12.0 Å². The fourth-order valence-electron chi connectivity index (χ4n) is 3.15. The summed E-state index contributed by atoms with van der Waals surface area (Å²) in [5, 5.41) is 10.2. The van der Waals surface area contributed by atoms with E-state index in [1.54, 1.807) is 0 Å². The second kappa shape index (κ2) is 7.25. The molecule has 0 aliphatic heterocycles. The van der Waals surface area contributed by atoms with Gasteiger partial charge in [0.15, 0.2) is 5.82 Å². The number of nitrogens with zero attached hydrogens (tertiary/aromatic N) is 6. The molecule has 0 atom stereocenters. The summed E-state index contributed by atoms with van der Waals surface area (Å²) in [4.78, 5) is 19.7. The first-order chi connectivity index (χ1) is 12.7. The summed E-state index contributed by atoms with van der Waals surface area (Å²) in [7, 11) is 2.85. The lowest BCUT2D eigenvalue weighted by Gasteiger charge is -2.25. The maximum atomic E-state index is 13.0. The topological polar surface area (TPSA) is 117 Å². The first kappa shape index (κ1) is 19.3. The van der Waals surface area contributed by atoms with Crippen molar-refractivity contribution in [2.45, 2.75) is 50.2 Å². The summed E-state index contributed by atoms with van der Waals surface area (Å²) in [5.41, 5.74) is 5.94. The molecule has 148 valence electrons. The minimum Gasteiger partial charge on any atom is -0.359 e. The van der Waals surface area contributed by atoms with Crippen LogP contribution >= 0.6 is 0 Å². The van der Waals surface area contributed by atoms with Crippen molar-refractivity contribution in [3.63, 3.8) is 0 Å². The molecule has 0 saturated heterocycles. The second-order valence-electron chi connectivity index (χ2n) is 6.62. The molecule has 9 nitrogen and oxygen atoms in total. The Labute approximate surface area is 153 Å². The molecule has 1 aliphatic rings. The van der Waals surface area contributed by atoms with Gasteiger partial charge in [0.05, 0.1) is 6.42 Å². The van der Waals surface area contributed by atoms with Gasteiger partial charge in [0, 0.05) is 26.1 Å². The zero-order valence-corrected chi connectivity index (χ0v) is 15.0. The van der Waals surface area contributed by atoms with Crippen LogP contribution in [0.3, 0.4) is 0 Å². The third-order valence-corrected chi connectivity index (χ3v) is 4.59. The van der Waals surface area contributed by atoms with Crippen molar-refractivity contribution in [1.29, 1.82) is 0 Å². The Hall–Kier alpha value is -2.50. The number of rotatable bonds is 4. The Bertz CT molecular complexity index is 820. The van der Waals surface area contributed by atoms with Crippen LogP contribution in [0.1, 0.15) is 49.1 Å². The predicted molar refractivity (Wildman–Crippen MR) is 87.9 cm³/mol. The minimum absolute atomic E-state index is 0.0261. The lowest BCUT2D eigenvalue weighted by Crippen LogP contribution is -2.27. The number of nitrogens with two attached hydrogens (primary N) is 1. The molecule has 1 saturated carbocycles. The van der Waals surface area contributed by atoms with Crippen molar-refractivity contribution in [3.05, 3.63) is 17.5 Å². The van der Waals surface area contributed by atoms with Gasteiger partial charge in [-0.2, -0.15) is 22.8 Å². The average Bonchev–Trinajstić information content (AvgIpc) is 3.18. The average molecular weight is 386 g/mol. The van der Waals surface area contributed by atoms with E-state index in [-0.39, 0.29) is 36.1 Å². The molecule has 2 aromatic rings. The number of aromatic nitrogens is 6. The Balaban J connectivity index is 2.02. The first-order valence-corrected chi connectivity index (χ1v) is 8.59. The Morgan fingerprint density at radius 1 is 1.22 bits per heavy atom. The van der Waals surface area contributed by atoms with Crippen molar-refractivity contribution in [2.75, 3.05) is 7.05 Å². The van der Waals surface area contributed by atoms with E-state index in [9.17, 15) is 18.0 Å². The number of carbonyl (C=O) groups excluding carboxylic acids is 1. The first-order valence-electron chi connectivity index (χ1n) is 8.59. The SMILES string of the molecule is CNC(=O)Cc1nc(C2CCC(N)CC2)n(-c2nc(C(F)(F)F)nn2C)n1. The molecule has 0 unspecified atom stereocenters. The molecule has 1 amide bonds. The van der Waals surface area contributed by atoms with Crippen molar-refractivity contribution in [1.82, 2.24) is 34.8 Å². The van der Waals surface area contributed by atoms with Gasteiger partial charge in [0.1, 0.15) is 5.82 Å². The molecule has 2 aromatic heterocycles. The number of carbonyl (C=O) groups is 1. The maximum absolute atomic E-state index is 13.0. The van der Waals surface area contributed by atoms with Gasteiger partial charge < -0.3 is 11.1 Å². The molecule has 3 rings (SSSR count). The molecule has 0 bridgehead atoms. The Kier molecular flexibility index (Phi) is 5.18. The quantitative estimate of drug-likeness (QED) is 0.799. The largest absolute Gasteiger partial charge is 0.453 e. The van der Waals surface area contributed by atoms with E-state index >= 15 is 0 Å². The number of hydrogen-bond acceptors (Lipinski definition) is 6. The fraction of sp³-hybridized carbons (Fsp3) is 0.667. The van der Waals surface area contributed by atoms with Crippen LogP contribution in [-0.2, 0) is 24.4 Å². The highest BCUT2D eigenvalue weighted by atomic mass is 19.4. The van der Waals surface area contributed by atoms with E-state index in [0.717, 1.165) is 30.4 Å². The zero-order valence-electron chi connectivity index (χ0n) is 15.0. The van der Waals surface area contributed by atoms with Gasteiger partial charge >= 0.3 is 6.18 Å². The minimum atomic E-state index is -4.67. The van der Waals surface area contributed by atoms with E-state index in [1.165, 1.54) is 18.8 Å². The number of nitrogens with one attached hydrogen (secondary N) is 1. The molecule has 0 aromatic carbocycles. The molecule has 0 radical (unpaired) electrons. The van der Waals surface area contributed by atoms with E-state index in [0.29, 0.717) is 5.82 Å². The highest BCUT2D eigenvalue weighted by Gasteiger charge is 2.38. The maximum Gasteiger partial charge on any atom is 0.453 e. The van der Waals surface area contributed by atoms with Crippen LogP contribution in [0.4, 0.5) is 13.2 Å². The van der Waals surface area contributed by atoms with Crippen LogP contribution in [0.25, 0.3) is 5.95 Å². The lowest BCUT2D eigenvalue weighted by molar-refractivity contribution is -0.145. The molecule has 1 aliphatic carbocycles. The van der Waals surface area contributed by atoms with Crippen LogP contribution in [-0.4, -0.2) is 48.5 Å². The fourth-order valence-corrected chi connectivity index (χ4v) is 3.15. The summed E-state index contributed by atoms with van der Waals surface area (Å²) in [6, 6.07) is 0.106. The van der Waals surface area contributed by atoms with Crippen molar-refractivity contribution < 1.29 is 18.0 Å². The van der Waals surface area contributed by atoms with Crippen LogP contribution in [0.15, 0.2) is 0 Å². The Morgan fingerprint density at radius 2 is 1.89 bits per heavy atom. The number of likely N-dealkylation sites (N-methyl/N-ethyl adjacent to an activating group) is 1. The van der Waals surface area contributed by atoms with Gasteiger partial charge in [0.25, 0.3) is 11.8 Å². The molecule has 27 heavy (non-hydrogen) atoms. The van der Waals surface area contributed by atoms with Crippen LogP contribution in [0.2, 0.25) is 0 Å². The van der Waals surface area contributed by atoms with Gasteiger partial charge in [0.2, 0.25) is 5.91 Å². The molecular weight excluding hydrogens is 365 g/mol. The molecule has 3 N–H and O–H groups in total. The standard InChI is InChI=1S/C15H21F3N8O/c1-20-11(27)7-10-21-12(8-3-5-9(19)6-4-8)26(23-10)14-22-13(15(16,17)18)24-25(14)2/h8-9H,3-7,19H2,1-2H3,(H,20,27). The smallest absolute Gasteiger partial charge is 0.359 e. The summed E-state index contributed by atoms with van der Waals surface area (Å²) in [5.74, 6) is -0.969. The third kappa shape index (κ3) is 4.10. The normalized spacial score (nSPS) is 20.7. The summed E-state index contributed by atoms with van der Waals surface area (Å²) >= 11 is 0. The third-order valence-electron chi connectivity index (χ3n) is 4.59. The number of alkyl halides is 3. The molecule has 2 heterocycles. The van der Waals surface area contributed by atoms with Gasteiger partial charge in [-0.15, -0.1) is 10.2 Å². The van der Waals surface area contributed by atoms with Crippen molar-refractivity contribution >= 4 is 5.91 Å². The summed E-state index contributed by atoms with van der Waals surface area (Å²) in [6.45, 7) is 0. The molecule has 1 fully saturated rings. The monoisotopic (exact) mass is 386 g/mol. The van der Waals surface area contributed by atoms with Crippen LogP contribution in [0, 0.1) is 0 Å². The van der Waals surface area contributed by atoms with Gasteiger partial charge in [-0.1, -0.05) is 0 Å². The van der Waals surface area contributed by atoms with Crippen LogP contribution < -0.4 is 11.1 Å². The van der Waals surface area contributed by atoms with Gasteiger partial charge in [-0.3, -0.25) is 4.79 Å².